The SMILES string of the molecule is CCOC(=O)c1cn(Cc2ccccn2)c2ccc(F)cc2c1=O. The van der Waals surface area contributed by atoms with Crippen molar-refractivity contribution in [2.24, 2.45) is 0 Å². The number of aromatic nitrogens is 2. The minimum atomic E-state index is -0.719. The molecule has 1 aromatic carbocycles. The summed E-state index contributed by atoms with van der Waals surface area (Å²) in [7, 11) is 0. The summed E-state index contributed by atoms with van der Waals surface area (Å²) in [6, 6.07) is 9.41. The van der Waals surface area contributed by atoms with Gasteiger partial charge in [-0.2, -0.15) is 0 Å². The van der Waals surface area contributed by atoms with Crippen molar-refractivity contribution in [1.82, 2.24) is 9.55 Å². The standard InChI is InChI=1S/C18H15FN2O3/c1-2-24-18(23)15-11-21(10-13-5-3-4-8-20-13)16-7-6-12(19)9-14(16)17(15)22/h3-9,11H,2,10H2,1H3. The van der Waals surface area contributed by atoms with Gasteiger partial charge >= 0.3 is 5.97 Å². The number of ether oxygens (including phenoxy) is 1. The van der Waals surface area contributed by atoms with Crippen molar-refractivity contribution >= 4 is 16.9 Å². The van der Waals surface area contributed by atoms with E-state index in [1.54, 1.807) is 23.8 Å². The highest BCUT2D eigenvalue weighted by molar-refractivity contribution is 5.93. The third-order valence-corrected chi connectivity index (χ3v) is 3.60. The van der Waals surface area contributed by atoms with Crippen LogP contribution in [0.1, 0.15) is 23.0 Å². The molecule has 0 radical (unpaired) electrons. The van der Waals surface area contributed by atoms with Crippen LogP contribution in [-0.4, -0.2) is 22.1 Å². The van der Waals surface area contributed by atoms with E-state index >= 15 is 0 Å². The number of esters is 1. The zero-order valence-corrected chi connectivity index (χ0v) is 13.0. The quantitative estimate of drug-likeness (QED) is 0.692. The van der Waals surface area contributed by atoms with Gasteiger partial charge in [0.05, 0.1) is 24.4 Å². The summed E-state index contributed by atoms with van der Waals surface area (Å²) in [4.78, 5) is 28.8. The minimum absolute atomic E-state index is 0.120. The van der Waals surface area contributed by atoms with Crippen LogP contribution in [0.5, 0.6) is 0 Å². The van der Waals surface area contributed by atoms with E-state index in [1.165, 1.54) is 18.3 Å². The lowest BCUT2D eigenvalue weighted by molar-refractivity contribution is 0.0524. The van der Waals surface area contributed by atoms with Crippen molar-refractivity contribution < 1.29 is 13.9 Å². The van der Waals surface area contributed by atoms with Crippen LogP contribution < -0.4 is 5.43 Å². The molecule has 6 heteroatoms. The Balaban J connectivity index is 2.21. The molecule has 3 rings (SSSR count). The van der Waals surface area contributed by atoms with Crippen molar-refractivity contribution in [2.75, 3.05) is 6.61 Å². The van der Waals surface area contributed by atoms with E-state index in [9.17, 15) is 14.0 Å². The van der Waals surface area contributed by atoms with Gasteiger partial charge in [-0.05, 0) is 37.3 Å². The second-order valence-corrected chi connectivity index (χ2v) is 5.20. The van der Waals surface area contributed by atoms with Crippen LogP contribution >= 0.6 is 0 Å². The Labute approximate surface area is 137 Å². The molecule has 122 valence electrons. The third kappa shape index (κ3) is 3.03. The highest BCUT2D eigenvalue weighted by Gasteiger charge is 2.17. The number of pyridine rings is 2. The summed E-state index contributed by atoms with van der Waals surface area (Å²) in [6.45, 7) is 2.15. The predicted molar refractivity (Wildman–Crippen MR) is 87.5 cm³/mol. The maximum absolute atomic E-state index is 13.6. The maximum atomic E-state index is 13.6. The first kappa shape index (κ1) is 15.9. The lowest BCUT2D eigenvalue weighted by atomic mass is 10.1. The summed E-state index contributed by atoms with van der Waals surface area (Å²) < 4.78 is 20.2. The summed E-state index contributed by atoms with van der Waals surface area (Å²) in [5.41, 5.74) is 0.618. The van der Waals surface area contributed by atoms with Crippen molar-refractivity contribution in [3.8, 4) is 0 Å². The van der Waals surface area contributed by atoms with Gasteiger partial charge in [-0.3, -0.25) is 9.78 Å². The number of benzene rings is 1. The molecule has 3 aromatic rings. The molecule has 0 fully saturated rings. The van der Waals surface area contributed by atoms with E-state index in [0.29, 0.717) is 12.1 Å². The molecule has 0 aliphatic heterocycles. The first-order valence-electron chi connectivity index (χ1n) is 7.50. The molecule has 0 aliphatic carbocycles. The van der Waals surface area contributed by atoms with Gasteiger partial charge in [0.25, 0.3) is 0 Å². The molecule has 0 saturated carbocycles. The first-order valence-corrected chi connectivity index (χ1v) is 7.50. The molecular weight excluding hydrogens is 311 g/mol. The minimum Gasteiger partial charge on any atom is -0.462 e. The fourth-order valence-electron chi connectivity index (χ4n) is 2.52. The van der Waals surface area contributed by atoms with Crippen molar-refractivity contribution in [1.29, 1.82) is 0 Å². The largest absolute Gasteiger partial charge is 0.462 e. The van der Waals surface area contributed by atoms with Crippen LogP contribution in [0.3, 0.4) is 0 Å². The Morgan fingerprint density at radius 3 is 2.83 bits per heavy atom. The molecule has 0 aliphatic rings. The second-order valence-electron chi connectivity index (χ2n) is 5.20. The third-order valence-electron chi connectivity index (χ3n) is 3.60. The van der Waals surface area contributed by atoms with E-state index < -0.39 is 17.2 Å². The van der Waals surface area contributed by atoms with E-state index in [1.807, 2.05) is 12.1 Å². The van der Waals surface area contributed by atoms with E-state index in [0.717, 1.165) is 11.8 Å². The lowest BCUT2D eigenvalue weighted by Gasteiger charge is -2.13. The molecule has 0 atom stereocenters. The highest BCUT2D eigenvalue weighted by atomic mass is 19.1. The molecule has 0 saturated heterocycles. The zero-order valence-electron chi connectivity index (χ0n) is 13.0. The Morgan fingerprint density at radius 1 is 1.29 bits per heavy atom. The van der Waals surface area contributed by atoms with Gasteiger partial charge in [-0.25, -0.2) is 9.18 Å². The van der Waals surface area contributed by atoms with Gasteiger partial charge in [0, 0.05) is 17.8 Å². The number of nitrogens with zero attached hydrogens (tertiary/aromatic N) is 2. The van der Waals surface area contributed by atoms with Crippen molar-refractivity contribution in [2.45, 2.75) is 13.5 Å². The second kappa shape index (κ2) is 6.62. The van der Waals surface area contributed by atoms with Gasteiger partial charge in [0.15, 0.2) is 0 Å². The van der Waals surface area contributed by atoms with E-state index in [2.05, 4.69) is 4.98 Å². The van der Waals surface area contributed by atoms with Gasteiger partial charge in [-0.1, -0.05) is 6.07 Å². The average molecular weight is 326 g/mol. The monoisotopic (exact) mass is 326 g/mol. The molecule has 2 aromatic heterocycles. The summed E-state index contributed by atoms with van der Waals surface area (Å²) in [6.07, 6.45) is 3.10. The van der Waals surface area contributed by atoms with Crippen LogP contribution in [0.15, 0.2) is 53.6 Å². The smallest absolute Gasteiger partial charge is 0.343 e. The normalized spacial score (nSPS) is 10.8. The zero-order chi connectivity index (χ0) is 17.1. The molecule has 5 nitrogen and oxygen atoms in total. The summed E-state index contributed by atoms with van der Waals surface area (Å²) in [5, 5.41) is 0.136. The topological polar surface area (TPSA) is 61.2 Å². The molecule has 0 unspecified atom stereocenters. The van der Waals surface area contributed by atoms with Crippen molar-refractivity contribution in [3.63, 3.8) is 0 Å². The predicted octanol–water partition coefficient (Wildman–Crippen LogP) is 2.76. The Hall–Kier alpha value is -3.02. The number of hydrogen-bond acceptors (Lipinski definition) is 4. The molecule has 0 bridgehead atoms. The number of halogens is 1. The van der Waals surface area contributed by atoms with Crippen LogP contribution in [0, 0.1) is 5.82 Å². The molecule has 2 heterocycles. The van der Waals surface area contributed by atoms with E-state index in [-0.39, 0.29) is 17.6 Å². The number of carbonyl (C=O) groups excluding carboxylic acids is 1. The number of rotatable bonds is 4. The average Bonchev–Trinajstić information content (AvgIpc) is 2.58. The Morgan fingerprint density at radius 2 is 2.12 bits per heavy atom. The van der Waals surface area contributed by atoms with Crippen molar-refractivity contribution in [3.05, 3.63) is 76.1 Å². The molecule has 0 spiro atoms. The molecule has 24 heavy (non-hydrogen) atoms. The molecular formula is C18H15FN2O3. The number of hydrogen-bond donors (Lipinski definition) is 0. The van der Waals surface area contributed by atoms with Gasteiger partial charge in [0.1, 0.15) is 11.4 Å². The first-order chi connectivity index (χ1) is 11.6. The van der Waals surface area contributed by atoms with Crippen LogP contribution in [0.25, 0.3) is 10.9 Å². The van der Waals surface area contributed by atoms with Crippen LogP contribution in [0.2, 0.25) is 0 Å². The Bertz CT molecular complexity index is 952. The van der Waals surface area contributed by atoms with Crippen LogP contribution in [-0.2, 0) is 11.3 Å². The summed E-state index contributed by atoms with van der Waals surface area (Å²) >= 11 is 0. The fourth-order valence-corrected chi connectivity index (χ4v) is 2.52. The van der Waals surface area contributed by atoms with Gasteiger partial charge < -0.3 is 9.30 Å². The van der Waals surface area contributed by atoms with Gasteiger partial charge in [0.2, 0.25) is 5.43 Å². The summed E-state index contributed by atoms with van der Waals surface area (Å²) in [5.74, 6) is -1.26. The van der Waals surface area contributed by atoms with Crippen LogP contribution in [0.4, 0.5) is 4.39 Å². The Kier molecular flexibility index (Phi) is 4.37. The fraction of sp³-hybridized carbons (Fsp3) is 0.167. The van der Waals surface area contributed by atoms with E-state index in [4.69, 9.17) is 4.74 Å². The van der Waals surface area contributed by atoms with Gasteiger partial charge in [-0.15, -0.1) is 0 Å². The lowest BCUT2D eigenvalue weighted by Crippen LogP contribution is -2.21. The number of fused-ring (bicyclic) bond motifs is 1. The molecule has 0 amide bonds. The number of carbonyl (C=O) groups is 1. The maximum Gasteiger partial charge on any atom is 0.343 e. The molecule has 0 N–H and O–H groups in total. The highest BCUT2D eigenvalue weighted by Crippen LogP contribution is 2.15.